The molecule has 0 aliphatic rings. The van der Waals surface area contributed by atoms with Crippen molar-refractivity contribution in [3.63, 3.8) is 0 Å². The number of para-hydroxylation sites is 1. The van der Waals surface area contributed by atoms with E-state index in [9.17, 15) is 14.9 Å². The number of hydrogen-bond donors (Lipinski definition) is 1. The van der Waals surface area contributed by atoms with Crippen molar-refractivity contribution < 1.29 is 9.72 Å². The maximum atomic E-state index is 12.0. The molecule has 0 saturated heterocycles. The lowest BCUT2D eigenvalue weighted by Gasteiger charge is -2.05. The van der Waals surface area contributed by atoms with Crippen molar-refractivity contribution >= 4 is 23.1 Å². The van der Waals surface area contributed by atoms with Crippen LogP contribution in [0.3, 0.4) is 0 Å². The first-order valence-corrected chi connectivity index (χ1v) is 6.72. The lowest BCUT2D eigenvalue weighted by Crippen LogP contribution is -2.23. The van der Waals surface area contributed by atoms with Crippen molar-refractivity contribution in [2.24, 2.45) is 0 Å². The Bertz CT molecular complexity index is 641. The Labute approximate surface area is 119 Å². The summed E-state index contributed by atoms with van der Waals surface area (Å²) < 4.78 is 3.74. The second-order valence-electron chi connectivity index (χ2n) is 3.97. The van der Waals surface area contributed by atoms with Gasteiger partial charge in [-0.3, -0.25) is 14.9 Å². The van der Waals surface area contributed by atoms with Gasteiger partial charge < -0.3 is 5.32 Å². The number of nitrogens with zero attached hydrogens (tertiary/aromatic N) is 3. The molecule has 1 heterocycles. The number of aromatic nitrogens is 2. The quantitative estimate of drug-likeness (QED) is 0.670. The Hall–Kier alpha value is -2.35. The molecule has 2 aromatic rings. The van der Waals surface area contributed by atoms with Gasteiger partial charge in [-0.25, -0.2) is 0 Å². The molecular formula is C12H12N4O3S. The molecule has 1 amide bonds. The van der Waals surface area contributed by atoms with Crippen molar-refractivity contribution in [1.29, 1.82) is 0 Å². The van der Waals surface area contributed by atoms with Gasteiger partial charge in [-0.15, -0.1) is 5.10 Å². The van der Waals surface area contributed by atoms with Gasteiger partial charge in [0.1, 0.15) is 4.88 Å². The van der Waals surface area contributed by atoms with Crippen LogP contribution in [0.2, 0.25) is 0 Å². The number of aryl methyl sites for hydroxylation is 1. The van der Waals surface area contributed by atoms with Crippen LogP contribution in [0.1, 0.15) is 27.9 Å². The number of nitro benzene ring substituents is 1. The second-order valence-corrected chi connectivity index (χ2v) is 4.72. The average molecular weight is 292 g/mol. The van der Waals surface area contributed by atoms with Crippen molar-refractivity contribution in [2.75, 3.05) is 0 Å². The summed E-state index contributed by atoms with van der Waals surface area (Å²) in [5.74, 6) is -0.310. The van der Waals surface area contributed by atoms with Crippen LogP contribution in [0.5, 0.6) is 0 Å². The summed E-state index contributed by atoms with van der Waals surface area (Å²) in [6.07, 6.45) is 0.616. The van der Waals surface area contributed by atoms with Gasteiger partial charge in [-0.1, -0.05) is 29.6 Å². The first kappa shape index (κ1) is 14.1. The van der Waals surface area contributed by atoms with E-state index in [1.165, 1.54) is 6.07 Å². The SMILES string of the molecule is CCc1nnsc1C(=O)NCc1ccccc1[N+](=O)[O-]. The minimum Gasteiger partial charge on any atom is -0.347 e. The molecule has 1 N–H and O–H groups in total. The minimum atomic E-state index is -0.465. The monoisotopic (exact) mass is 292 g/mol. The number of carbonyl (C=O) groups is 1. The molecular weight excluding hydrogens is 280 g/mol. The second kappa shape index (κ2) is 6.20. The molecule has 1 aromatic carbocycles. The molecule has 0 fully saturated rings. The topological polar surface area (TPSA) is 98.0 Å². The van der Waals surface area contributed by atoms with Gasteiger partial charge in [-0.2, -0.15) is 0 Å². The van der Waals surface area contributed by atoms with Gasteiger partial charge in [0, 0.05) is 18.2 Å². The van der Waals surface area contributed by atoms with Gasteiger partial charge in [0.2, 0.25) is 0 Å². The van der Waals surface area contributed by atoms with Crippen molar-refractivity contribution in [3.8, 4) is 0 Å². The number of nitro groups is 1. The van der Waals surface area contributed by atoms with Gasteiger partial charge in [-0.05, 0) is 18.0 Å². The maximum absolute atomic E-state index is 12.0. The summed E-state index contributed by atoms with van der Waals surface area (Å²) in [6.45, 7) is 1.98. The summed E-state index contributed by atoms with van der Waals surface area (Å²) in [5, 5.41) is 17.4. The fraction of sp³-hybridized carbons (Fsp3) is 0.250. The smallest absolute Gasteiger partial charge is 0.274 e. The highest BCUT2D eigenvalue weighted by Crippen LogP contribution is 2.18. The number of rotatable bonds is 5. The number of nitrogens with one attached hydrogen (secondary N) is 1. The van der Waals surface area contributed by atoms with E-state index in [4.69, 9.17) is 0 Å². The Morgan fingerprint density at radius 3 is 2.90 bits per heavy atom. The van der Waals surface area contributed by atoms with Crippen LogP contribution in [-0.4, -0.2) is 20.4 Å². The molecule has 0 aliphatic heterocycles. The van der Waals surface area contributed by atoms with E-state index in [2.05, 4.69) is 14.9 Å². The largest absolute Gasteiger partial charge is 0.347 e. The van der Waals surface area contributed by atoms with Crippen LogP contribution in [0.25, 0.3) is 0 Å². The van der Waals surface area contributed by atoms with Crippen molar-refractivity contribution in [1.82, 2.24) is 14.9 Å². The molecule has 0 saturated carbocycles. The van der Waals surface area contributed by atoms with Crippen LogP contribution >= 0.6 is 11.5 Å². The standard InChI is InChI=1S/C12H12N4O3S/c1-2-9-11(20-15-14-9)12(17)13-7-8-5-3-4-6-10(8)16(18)19/h3-6H,2,7H2,1H3,(H,13,17). The highest BCUT2D eigenvalue weighted by Gasteiger charge is 2.17. The normalized spacial score (nSPS) is 10.2. The number of benzene rings is 1. The molecule has 1 aromatic heterocycles. The van der Waals surface area contributed by atoms with Crippen LogP contribution in [-0.2, 0) is 13.0 Å². The zero-order valence-corrected chi connectivity index (χ0v) is 11.5. The first-order chi connectivity index (χ1) is 9.63. The van der Waals surface area contributed by atoms with E-state index < -0.39 is 4.92 Å². The Kier molecular flexibility index (Phi) is 4.36. The zero-order chi connectivity index (χ0) is 14.5. The van der Waals surface area contributed by atoms with E-state index in [1.807, 2.05) is 6.92 Å². The van der Waals surface area contributed by atoms with Crippen molar-refractivity contribution in [3.05, 3.63) is 50.5 Å². The molecule has 0 unspecified atom stereocenters. The molecule has 2 rings (SSSR count). The maximum Gasteiger partial charge on any atom is 0.274 e. The third-order valence-corrected chi connectivity index (χ3v) is 3.49. The van der Waals surface area contributed by atoms with Gasteiger partial charge in [0.15, 0.2) is 0 Å². The summed E-state index contributed by atoms with van der Waals surface area (Å²) in [7, 11) is 0. The summed E-state index contributed by atoms with van der Waals surface area (Å²) in [5.41, 5.74) is 1.09. The third kappa shape index (κ3) is 2.97. The zero-order valence-electron chi connectivity index (χ0n) is 10.7. The molecule has 104 valence electrons. The van der Waals surface area contributed by atoms with E-state index in [0.717, 1.165) is 11.5 Å². The van der Waals surface area contributed by atoms with Gasteiger partial charge in [0.05, 0.1) is 10.6 Å². The molecule has 0 bridgehead atoms. The molecule has 20 heavy (non-hydrogen) atoms. The Morgan fingerprint density at radius 1 is 1.45 bits per heavy atom. The first-order valence-electron chi connectivity index (χ1n) is 5.95. The van der Waals surface area contributed by atoms with Crippen LogP contribution < -0.4 is 5.32 Å². The van der Waals surface area contributed by atoms with Crippen LogP contribution in [0, 0.1) is 10.1 Å². The molecule has 0 spiro atoms. The predicted molar refractivity (Wildman–Crippen MR) is 73.6 cm³/mol. The average Bonchev–Trinajstić information content (AvgIpc) is 2.93. The highest BCUT2D eigenvalue weighted by molar-refractivity contribution is 7.08. The van der Waals surface area contributed by atoms with Crippen LogP contribution in [0.4, 0.5) is 5.69 Å². The van der Waals surface area contributed by atoms with Gasteiger partial charge in [0.25, 0.3) is 11.6 Å². The van der Waals surface area contributed by atoms with Gasteiger partial charge >= 0.3 is 0 Å². The summed E-state index contributed by atoms with van der Waals surface area (Å²) >= 11 is 1.02. The number of hydrogen-bond acceptors (Lipinski definition) is 6. The molecule has 8 heteroatoms. The minimum absolute atomic E-state index is 0.00838. The molecule has 0 radical (unpaired) electrons. The van der Waals surface area contributed by atoms with E-state index in [0.29, 0.717) is 22.6 Å². The van der Waals surface area contributed by atoms with Crippen LogP contribution in [0.15, 0.2) is 24.3 Å². The van der Waals surface area contributed by atoms with Crippen molar-refractivity contribution in [2.45, 2.75) is 19.9 Å². The number of carbonyl (C=O) groups excluding carboxylic acids is 1. The predicted octanol–water partition coefficient (Wildman–Crippen LogP) is 1.94. The fourth-order valence-electron chi connectivity index (χ4n) is 1.71. The Balaban J connectivity index is 2.10. The summed E-state index contributed by atoms with van der Waals surface area (Å²) in [6, 6.07) is 6.31. The molecule has 7 nitrogen and oxygen atoms in total. The number of amides is 1. The molecule has 0 atom stereocenters. The fourth-order valence-corrected chi connectivity index (χ4v) is 2.37. The lowest BCUT2D eigenvalue weighted by atomic mass is 10.2. The highest BCUT2D eigenvalue weighted by atomic mass is 32.1. The lowest BCUT2D eigenvalue weighted by molar-refractivity contribution is -0.385. The van der Waals surface area contributed by atoms with E-state index in [1.54, 1.807) is 18.2 Å². The van der Waals surface area contributed by atoms with E-state index >= 15 is 0 Å². The summed E-state index contributed by atoms with van der Waals surface area (Å²) in [4.78, 5) is 22.8. The Morgan fingerprint density at radius 2 is 2.20 bits per heavy atom. The van der Waals surface area contributed by atoms with E-state index in [-0.39, 0.29) is 18.1 Å². The third-order valence-electron chi connectivity index (χ3n) is 2.72. The molecule has 0 aliphatic carbocycles.